The van der Waals surface area contributed by atoms with Crippen LogP contribution >= 0.6 is 11.9 Å². The maximum atomic E-state index is 9.98. The summed E-state index contributed by atoms with van der Waals surface area (Å²) in [4.78, 5) is 9.98. The van der Waals surface area contributed by atoms with Crippen LogP contribution in [0.3, 0.4) is 0 Å². The molecule has 6 nitrogen and oxygen atoms in total. The zero-order chi connectivity index (χ0) is 12.1. The van der Waals surface area contributed by atoms with Gasteiger partial charge in [0.2, 0.25) is 6.41 Å². The second-order valence-corrected chi connectivity index (χ2v) is 4.71. The summed E-state index contributed by atoms with van der Waals surface area (Å²) in [6.07, 6.45) is -2.59. The third-order valence-electron chi connectivity index (χ3n) is 2.70. The van der Waals surface area contributed by atoms with E-state index in [0.29, 0.717) is 18.6 Å². The van der Waals surface area contributed by atoms with Crippen molar-refractivity contribution in [1.29, 1.82) is 0 Å². The maximum Gasteiger partial charge on any atom is 0.216 e. The van der Waals surface area contributed by atoms with Crippen molar-refractivity contribution in [3.8, 4) is 0 Å². The first-order chi connectivity index (χ1) is 7.57. The average molecular weight is 251 g/mol. The van der Waals surface area contributed by atoms with Crippen molar-refractivity contribution in [3.05, 3.63) is 0 Å². The topological polar surface area (TPSA) is 99.0 Å². The number of carbonyl (C=O) groups is 1. The molecule has 94 valence electrons. The fourth-order valence-electron chi connectivity index (χ4n) is 1.65. The molecule has 1 rings (SSSR count). The molecule has 16 heavy (non-hydrogen) atoms. The Morgan fingerprint density at radius 1 is 1.38 bits per heavy atom. The van der Waals surface area contributed by atoms with Crippen molar-refractivity contribution >= 4 is 18.4 Å². The molecule has 7 heteroatoms. The molecule has 5 atom stereocenters. The number of nitrogens with one attached hydrogen (secondary N) is 1. The van der Waals surface area contributed by atoms with Gasteiger partial charge in [0.15, 0.2) is 6.29 Å². The van der Waals surface area contributed by atoms with Crippen LogP contribution in [0.15, 0.2) is 0 Å². The molecule has 0 aliphatic carbocycles. The van der Waals surface area contributed by atoms with E-state index in [2.05, 4.69) is 4.72 Å². The number of hydrogen-bond acceptors (Lipinski definition) is 6. The van der Waals surface area contributed by atoms with Gasteiger partial charge in [-0.2, -0.15) is 0 Å². The highest BCUT2D eigenvalue weighted by molar-refractivity contribution is 7.97. The van der Waals surface area contributed by atoms with Crippen molar-refractivity contribution in [2.24, 2.45) is 5.92 Å². The van der Waals surface area contributed by atoms with Gasteiger partial charge in [-0.1, -0.05) is 18.9 Å². The van der Waals surface area contributed by atoms with Gasteiger partial charge in [-0.05, 0) is 6.42 Å². The van der Waals surface area contributed by atoms with E-state index in [1.807, 2.05) is 0 Å². The molecule has 0 spiro atoms. The first-order valence-corrected chi connectivity index (χ1v) is 6.07. The number of aliphatic hydroxyl groups excluding tert-OH is 3. The van der Waals surface area contributed by atoms with Crippen molar-refractivity contribution in [3.63, 3.8) is 0 Å². The minimum atomic E-state index is -1.26. The van der Waals surface area contributed by atoms with Gasteiger partial charge in [0.25, 0.3) is 0 Å². The Morgan fingerprint density at radius 3 is 2.69 bits per heavy atom. The van der Waals surface area contributed by atoms with Crippen LogP contribution in [0.1, 0.15) is 13.3 Å². The Balaban J connectivity index is 2.38. The SMILES string of the molecule is CC1C(O)[C@@H](O)OC(CCSNC=O)[C@H]1O. The van der Waals surface area contributed by atoms with E-state index in [4.69, 9.17) is 4.74 Å². The molecule has 0 radical (unpaired) electrons. The van der Waals surface area contributed by atoms with E-state index in [0.717, 1.165) is 0 Å². The molecule has 3 unspecified atom stereocenters. The smallest absolute Gasteiger partial charge is 0.216 e. The van der Waals surface area contributed by atoms with Crippen molar-refractivity contribution in [2.45, 2.75) is 37.9 Å². The van der Waals surface area contributed by atoms with Gasteiger partial charge in [0.05, 0.1) is 12.2 Å². The third kappa shape index (κ3) is 3.33. The number of aliphatic hydroxyl groups is 3. The largest absolute Gasteiger partial charge is 0.390 e. The van der Waals surface area contributed by atoms with Gasteiger partial charge >= 0.3 is 0 Å². The predicted octanol–water partition coefficient (Wildman–Crippen LogP) is -1.15. The number of ether oxygens (including phenoxy) is 1. The van der Waals surface area contributed by atoms with Crippen LogP contribution in [0.5, 0.6) is 0 Å². The van der Waals surface area contributed by atoms with Crippen molar-refractivity contribution in [2.75, 3.05) is 5.75 Å². The lowest BCUT2D eigenvalue weighted by atomic mass is 9.90. The lowest BCUT2D eigenvalue weighted by Crippen LogP contribution is -2.53. The van der Waals surface area contributed by atoms with E-state index < -0.39 is 30.5 Å². The van der Waals surface area contributed by atoms with Crippen LogP contribution in [0.25, 0.3) is 0 Å². The van der Waals surface area contributed by atoms with Crippen LogP contribution in [-0.2, 0) is 9.53 Å². The molecule has 1 amide bonds. The van der Waals surface area contributed by atoms with Crippen LogP contribution < -0.4 is 4.72 Å². The molecule has 0 aromatic rings. The molecule has 0 saturated carbocycles. The maximum absolute atomic E-state index is 9.98. The van der Waals surface area contributed by atoms with E-state index in [9.17, 15) is 20.1 Å². The number of hydrogen-bond donors (Lipinski definition) is 4. The molecule has 1 aliphatic rings. The number of rotatable bonds is 5. The zero-order valence-corrected chi connectivity index (χ0v) is 9.76. The first kappa shape index (κ1) is 13.7. The number of amides is 1. The van der Waals surface area contributed by atoms with Gasteiger partial charge in [-0.25, -0.2) is 0 Å². The molecule has 0 bridgehead atoms. The standard InChI is InChI=1S/C9H17NO5S/c1-5-7(12)6(2-3-16-10-4-11)15-9(14)8(5)13/h4-9,12-14H,2-3H2,1H3,(H,10,11)/t5?,6?,7-,8?,9-/m0/s1. The monoisotopic (exact) mass is 251 g/mol. The van der Waals surface area contributed by atoms with Gasteiger partial charge in [0.1, 0.15) is 6.10 Å². The van der Waals surface area contributed by atoms with Gasteiger partial charge in [-0.3, -0.25) is 4.79 Å². The zero-order valence-electron chi connectivity index (χ0n) is 8.94. The third-order valence-corrected chi connectivity index (χ3v) is 3.40. The molecule has 1 aliphatic heterocycles. The molecule has 1 heterocycles. The highest BCUT2D eigenvalue weighted by Crippen LogP contribution is 2.26. The predicted molar refractivity (Wildman–Crippen MR) is 58.3 cm³/mol. The summed E-state index contributed by atoms with van der Waals surface area (Å²) in [5, 5.41) is 28.6. The normalized spacial score (nSPS) is 39.4. The fraction of sp³-hybridized carbons (Fsp3) is 0.889. The van der Waals surface area contributed by atoms with E-state index in [-0.39, 0.29) is 0 Å². The Morgan fingerprint density at radius 2 is 2.06 bits per heavy atom. The van der Waals surface area contributed by atoms with E-state index >= 15 is 0 Å². The van der Waals surface area contributed by atoms with Crippen LogP contribution in [-0.4, -0.2) is 52.1 Å². The first-order valence-electron chi connectivity index (χ1n) is 5.08. The fourth-order valence-corrected chi connectivity index (χ4v) is 2.18. The van der Waals surface area contributed by atoms with Crippen molar-refractivity contribution < 1.29 is 24.9 Å². The second-order valence-electron chi connectivity index (χ2n) is 3.78. The lowest BCUT2D eigenvalue weighted by molar-refractivity contribution is -0.265. The number of carbonyl (C=O) groups excluding carboxylic acids is 1. The molecule has 4 N–H and O–H groups in total. The van der Waals surface area contributed by atoms with Gasteiger partial charge in [-0.15, -0.1) is 0 Å². The Hall–Kier alpha value is -0.340. The van der Waals surface area contributed by atoms with E-state index in [1.54, 1.807) is 6.92 Å². The van der Waals surface area contributed by atoms with Gasteiger partial charge < -0.3 is 24.8 Å². The quantitative estimate of drug-likeness (QED) is 0.280. The molecule has 1 fully saturated rings. The average Bonchev–Trinajstić information content (AvgIpc) is 2.28. The highest BCUT2D eigenvalue weighted by Gasteiger charge is 2.40. The summed E-state index contributed by atoms with van der Waals surface area (Å²) in [6.45, 7) is 1.66. The van der Waals surface area contributed by atoms with Crippen LogP contribution in [0.4, 0.5) is 0 Å². The molecular weight excluding hydrogens is 234 g/mol. The molecule has 1 saturated heterocycles. The summed E-state index contributed by atoms with van der Waals surface area (Å²) < 4.78 is 7.51. The van der Waals surface area contributed by atoms with Gasteiger partial charge in [0, 0.05) is 11.7 Å². The highest BCUT2D eigenvalue weighted by atomic mass is 32.2. The minimum Gasteiger partial charge on any atom is -0.390 e. The molecular formula is C9H17NO5S. The van der Waals surface area contributed by atoms with Crippen LogP contribution in [0, 0.1) is 5.92 Å². The summed E-state index contributed by atoms with van der Waals surface area (Å²) in [5.41, 5.74) is 0. The minimum absolute atomic E-state index is 0.433. The second kappa shape index (κ2) is 6.41. The summed E-state index contributed by atoms with van der Waals surface area (Å²) >= 11 is 1.20. The summed E-state index contributed by atoms with van der Waals surface area (Å²) in [5.74, 6) is 0.133. The lowest BCUT2D eigenvalue weighted by Gasteiger charge is -2.39. The Bertz CT molecular complexity index is 230. The van der Waals surface area contributed by atoms with Crippen LogP contribution in [0.2, 0.25) is 0 Å². The Labute approximate surface area is 98.1 Å². The molecule has 0 aromatic carbocycles. The van der Waals surface area contributed by atoms with Crippen molar-refractivity contribution in [1.82, 2.24) is 4.72 Å². The summed E-state index contributed by atoms with van der Waals surface area (Å²) in [6, 6.07) is 0. The molecule has 0 aromatic heterocycles. The Kier molecular flexibility index (Phi) is 5.50. The summed E-state index contributed by atoms with van der Waals surface area (Å²) in [7, 11) is 0. The van der Waals surface area contributed by atoms with E-state index in [1.165, 1.54) is 11.9 Å².